The number of carbonyl (C=O) groups excluding carboxylic acids is 2. The van der Waals surface area contributed by atoms with Crippen LogP contribution in [0.5, 0.6) is 0 Å². The van der Waals surface area contributed by atoms with Gasteiger partial charge in [-0.25, -0.2) is 14.8 Å². The molecule has 9 heteroatoms. The number of thioether (sulfide) groups is 1. The highest BCUT2D eigenvalue weighted by atomic mass is 32.2. The van der Waals surface area contributed by atoms with Gasteiger partial charge in [-0.2, -0.15) is 0 Å². The number of benzene rings is 2. The molecule has 0 radical (unpaired) electrons. The first-order valence-corrected chi connectivity index (χ1v) is 11.6. The lowest BCUT2D eigenvalue weighted by atomic mass is 10.0. The smallest absolute Gasteiger partial charge is 0.323 e. The number of nitrogens with zero attached hydrogens (tertiary/aromatic N) is 3. The van der Waals surface area contributed by atoms with Crippen molar-refractivity contribution in [3.63, 3.8) is 0 Å². The molecule has 0 unspecified atom stereocenters. The number of carbonyl (C=O) groups is 2. The summed E-state index contributed by atoms with van der Waals surface area (Å²) in [6.45, 7) is 4.01. The molecule has 0 aliphatic rings. The van der Waals surface area contributed by atoms with Crippen LogP contribution in [0.2, 0.25) is 0 Å². The Morgan fingerprint density at radius 3 is 2.42 bits per heavy atom. The van der Waals surface area contributed by atoms with E-state index in [9.17, 15) is 9.59 Å². The third-order valence-electron chi connectivity index (χ3n) is 5.15. The molecule has 0 bridgehead atoms. The number of nitrogens with one attached hydrogen (secondary N) is 2. The van der Waals surface area contributed by atoms with Gasteiger partial charge in [0.25, 0.3) is 0 Å². The first-order valence-electron chi connectivity index (χ1n) is 10.3. The van der Waals surface area contributed by atoms with Crippen molar-refractivity contribution in [2.75, 3.05) is 22.6 Å². The summed E-state index contributed by atoms with van der Waals surface area (Å²) in [7, 11) is 0. The van der Waals surface area contributed by atoms with Crippen LogP contribution in [-0.4, -0.2) is 32.6 Å². The summed E-state index contributed by atoms with van der Waals surface area (Å²) in [5, 5.41) is 6.12. The fourth-order valence-corrected chi connectivity index (χ4v) is 4.02. The third-order valence-corrected chi connectivity index (χ3v) is 5.88. The zero-order chi connectivity index (χ0) is 23.5. The van der Waals surface area contributed by atoms with Gasteiger partial charge in [-0.15, -0.1) is 11.8 Å². The van der Waals surface area contributed by atoms with Gasteiger partial charge < -0.3 is 20.9 Å². The molecule has 0 saturated carbocycles. The Morgan fingerprint density at radius 1 is 1.03 bits per heavy atom. The predicted molar refractivity (Wildman–Crippen MR) is 133 cm³/mol. The maximum Gasteiger partial charge on any atom is 0.323 e. The van der Waals surface area contributed by atoms with E-state index < -0.39 is 6.03 Å². The molecular formula is C24H24N6O2S. The summed E-state index contributed by atoms with van der Waals surface area (Å²) < 4.78 is 1.90. The molecule has 0 saturated heterocycles. The van der Waals surface area contributed by atoms with Crippen molar-refractivity contribution in [1.82, 2.24) is 14.5 Å². The SMILES string of the molecule is CSc1cccc(NC(=O)Nc2cccc(C(=O)c3cn(C(C)C)c4ncnc(N)c34)c2)c1. The van der Waals surface area contributed by atoms with E-state index >= 15 is 0 Å². The molecule has 168 valence electrons. The van der Waals surface area contributed by atoms with Gasteiger partial charge >= 0.3 is 6.03 Å². The molecule has 2 aromatic carbocycles. The second-order valence-electron chi connectivity index (χ2n) is 7.72. The van der Waals surface area contributed by atoms with Crippen LogP contribution in [0.25, 0.3) is 11.0 Å². The number of anilines is 3. The number of amides is 2. The van der Waals surface area contributed by atoms with Crippen molar-refractivity contribution < 1.29 is 9.59 Å². The molecule has 0 atom stereocenters. The van der Waals surface area contributed by atoms with Crippen LogP contribution < -0.4 is 16.4 Å². The maximum absolute atomic E-state index is 13.4. The van der Waals surface area contributed by atoms with Gasteiger partial charge in [-0.3, -0.25) is 4.79 Å². The molecule has 4 aromatic rings. The molecule has 8 nitrogen and oxygen atoms in total. The quantitative estimate of drug-likeness (QED) is 0.269. The number of urea groups is 1. The topological polar surface area (TPSA) is 115 Å². The summed E-state index contributed by atoms with van der Waals surface area (Å²) in [4.78, 5) is 35.3. The van der Waals surface area contributed by atoms with E-state index in [0.29, 0.717) is 33.5 Å². The summed E-state index contributed by atoms with van der Waals surface area (Å²) in [5.41, 5.74) is 8.73. The van der Waals surface area contributed by atoms with Crippen molar-refractivity contribution >= 4 is 51.8 Å². The largest absolute Gasteiger partial charge is 0.383 e. The lowest BCUT2D eigenvalue weighted by molar-refractivity contribution is 0.104. The number of hydrogen-bond donors (Lipinski definition) is 3. The number of aromatic nitrogens is 3. The Kier molecular flexibility index (Phi) is 6.32. The average molecular weight is 461 g/mol. The van der Waals surface area contributed by atoms with Crippen LogP contribution in [0.15, 0.2) is 66.0 Å². The highest BCUT2D eigenvalue weighted by Crippen LogP contribution is 2.29. The molecule has 0 aliphatic heterocycles. The monoisotopic (exact) mass is 460 g/mol. The van der Waals surface area contributed by atoms with Crippen molar-refractivity contribution in [2.24, 2.45) is 0 Å². The molecule has 2 amide bonds. The Balaban J connectivity index is 1.59. The highest BCUT2D eigenvalue weighted by Gasteiger charge is 2.21. The van der Waals surface area contributed by atoms with Crippen LogP contribution >= 0.6 is 11.8 Å². The molecular weight excluding hydrogens is 436 g/mol. The molecule has 2 heterocycles. The van der Waals surface area contributed by atoms with Crippen molar-refractivity contribution in [1.29, 1.82) is 0 Å². The number of rotatable bonds is 6. The van der Waals surface area contributed by atoms with Crippen LogP contribution in [0.3, 0.4) is 0 Å². The van der Waals surface area contributed by atoms with E-state index in [1.54, 1.807) is 42.2 Å². The van der Waals surface area contributed by atoms with Crippen molar-refractivity contribution in [3.05, 3.63) is 72.2 Å². The zero-order valence-corrected chi connectivity index (χ0v) is 19.3. The zero-order valence-electron chi connectivity index (χ0n) is 18.5. The van der Waals surface area contributed by atoms with Crippen LogP contribution in [-0.2, 0) is 0 Å². The van der Waals surface area contributed by atoms with Crippen LogP contribution in [0, 0.1) is 0 Å². The summed E-state index contributed by atoms with van der Waals surface area (Å²) in [6, 6.07) is 14.0. The van der Waals surface area contributed by atoms with Gasteiger partial charge in [0, 0.05) is 34.1 Å². The number of nitrogen functional groups attached to an aromatic ring is 1. The molecule has 2 aromatic heterocycles. The van der Waals surface area contributed by atoms with Gasteiger partial charge in [0.2, 0.25) is 0 Å². The maximum atomic E-state index is 13.4. The summed E-state index contributed by atoms with van der Waals surface area (Å²) >= 11 is 1.59. The fraction of sp³-hybridized carbons (Fsp3) is 0.167. The van der Waals surface area contributed by atoms with Crippen molar-refractivity contribution in [3.8, 4) is 0 Å². The molecule has 0 aliphatic carbocycles. The lowest BCUT2D eigenvalue weighted by Gasteiger charge is -2.09. The van der Waals surface area contributed by atoms with E-state index in [4.69, 9.17) is 5.73 Å². The van der Waals surface area contributed by atoms with E-state index in [1.807, 2.05) is 48.9 Å². The third kappa shape index (κ3) is 4.68. The number of fused-ring (bicyclic) bond motifs is 1. The number of ketones is 1. The predicted octanol–water partition coefficient (Wildman–Crippen LogP) is 5.19. The minimum atomic E-state index is -0.396. The molecule has 0 fully saturated rings. The van der Waals surface area contributed by atoms with E-state index in [0.717, 1.165) is 4.90 Å². The minimum Gasteiger partial charge on any atom is -0.383 e. The van der Waals surface area contributed by atoms with Gasteiger partial charge in [0.15, 0.2) is 5.78 Å². The Labute approximate surface area is 195 Å². The first-order chi connectivity index (χ1) is 15.9. The minimum absolute atomic E-state index is 0.0876. The van der Waals surface area contributed by atoms with E-state index in [1.165, 1.54) is 6.33 Å². The standard InChI is InChI=1S/C24H24N6O2S/c1-14(2)30-12-19(20-22(25)26-13-27-23(20)30)21(31)15-6-4-7-16(10-15)28-24(32)29-17-8-5-9-18(11-17)33-3/h4-14H,1-3H3,(H2,25,26,27)(H2,28,29,32). The number of hydrogen-bond acceptors (Lipinski definition) is 6. The average Bonchev–Trinajstić information content (AvgIpc) is 3.20. The lowest BCUT2D eigenvalue weighted by Crippen LogP contribution is -2.19. The first kappa shape index (κ1) is 22.3. The van der Waals surface area contributed by atoms with Crippen LogP contribution in [0.1, 0.15) is 35.8 Å². The van der Waals surface area contributed by atoms with Crippen LogP contribution in [0.4, 0.5) is 22.0 Å². The Morgan fingerprint density at radius 2 is 1.73 bits per heavy atom. The highest BCUT2D eigenvalue weighted by molar-refractivity contribution is 7.98. The van der Waals surface area contributed by atoms with Gasteiger partial charge in [0.1, 0.15) is 17.8 Å². The van der Waals surface area contributed by atoms with Gasteiger partial charge in [-0.05, 0) is 50.4 Å². The number of nitrogens with two attached hydrogens (primary N) is 1. The molecule has 4 rings (SSSR count). The second kappa shape index (κ2) is 9.33. The van der Waals surface area contributed by atoms with Crippen molar-refractivity contribution in [2.45, 2.75) is 24.8 Å². The summed E-state index contributed by atoms with van der Waals surface area (Å²) in [5.74, 6) is 0.0292. The van der Waals surface area contributed by atoms with Gasteiger partial charge in [0.05, 0.1) is 10.9 Å². The van der Waals surface area contributed by atoms with E-state index in [-0.39, 0.29) is 17.6 Å². The summed E-state index contributed by atoms with van der Waals surface area (Å²) in [6.07, 6.45) is 5.12. The fourth-order valence-electron chi connectivity index (χ4n) is 3.56. The molecule has 33 heavy (non-hydrogen) atoms. The Hall–Kier alpha value is -3.85. The van der Waals surface area contributed by atoms with Gasteiger partial charge in [-0.1, -0.05) is 18.2 Å². The van der Waals surface area contributed by atoms with E-state index in [2.05, 4.69) is 20.6 Å². The normalized spacial score (nSPS) is 11.0. The molecule has 0 spiro atoms. The Bertz CT molecular complexity index is 1350. The second-order valence-corrected chi connectivity index (χ2v) is 8.60. The molecule has 4 N–H and O–H groups in total.